The lowest BCUT2D eigenvalue weighted by molar-refractivity contribution is 0.317. The van der Waals surface area contributed by atoms with Crippen LogP contribution in [0.4, 0.5) is 4.39 Å². The van der Waals surface area contributed by atoms with Gasteiger partial charge in [0.25, 0.3) is 0 Å². The van der Waals surface area contributed by atoms with Gasteiger partial charge in [-0.1, -0.05) is 6.92 Å². The quantitative estimate of drug-likeness (QED) is 0.851. The lowest BCUT2D eigenvalue weighted by atomic mass is 10.0. The Kier molecular flexibility index (Phi) is 5.69. The van der Waals surface area contributed by atoms with Crippen molar-refractivity contribution in [1.82, 2.24) is 4.98 Å². The number of nitrogens with two attached hydrogens (primary N) is 1. The molecule has 1 atom stereocenters. The van der Waals surface area contributed by atoms with E-state index in [1.54, 1.807) is 18.5 Å². The van der Waals surface area contributed by atoms with Crippen LogP contribution in [0.1, 0.15) is 24.5 Å². The van der Waals surface area contributed by atoms with Gasteiger partial charge >= 0.3 is 0 Å². The van der Waals surface area contributed by atoms with Crippen molar-refractivity contribution in [3.63, 3.8) is 0 Å². The van der Waals surface area contributed by atoms with E-state index in [-0.39, 0.29) is 11.9 Å². The van der Waals surface area contributed by atoms with Crippen LogP contribution >= 0.6 is 0 Å². The molecule has 112 valence electrons. The Hall–Kier alpha value is -1.94. The lowest BCUT2D eigenvalue weighted by Gasteiger charge is -2.14. The second-order valence-electron chi connectivity index (χ2n) is 5.08. The van der Waals surface area contributed by atoms with Crippen molar-refractivity contribution < 1.29 is 9.13 Å². The third kappa shape index (κ3) is 4.83. The molecule has 1 heterocycles. The van der Waals surface area contributed by atoms with Crippen LogP contribution in [0.3, 0.4) is 0 Å². The summed E-state index contributed by atoms with van der Waals surface area (Å²) in [5.74, 6) is 0.462. The van der Waals surface area contributed by atoms with Crippen LogP contribution in [0.15, 0.2) is 42.7 Å². The number of nitrogens with zero attached hydrogens (tertiary/aromatic N) is 1. The second kappa shape index (κ2) is 7.74. The predicted octanol–water partition coefficient (Wildman–Crippen LogP) is 3.12. The summed E-state index contributed by atoms with van der Waals surface area (Å²) in [7, 11) is 0. The summed E-state index contributed by atoms with van der Waals surface area (Å²) >= 11 is 0. The monoisotopic (exact) mass is 288 g/mol. The van der Waals surface area contributed by atoms with E-state index in [4.69, 9.17) is 10.5 Å². The molecule has 0 amide bonds. The minimum Gasteiger partial charge on any atom is -0.493 e. The molecule has 2 aromatic rings. The molecule has 4 heteroatoms. The Labute approximate surface area is 125 Å². The fraction of sp³-hybridized carbons (Fsp3) is 0.353. The van der Waals surface area contributed by atoms with Crippen molar-refractivity contribution in [2.75, 3.05) is 6.61 Å². The highest BCUT2D eigenvalue weighted by molar-refractivity contribution is 5.34. The van der Waals surface area contributed by atoms with Crippen LogP contribution in [0.2, 0.25) is 0 Å². The number of hydrogen-bond donors (Lipinski definition) is 1. The highest BCUT2D eigenvalue weighted by atomic mass is 19.1. The predicted molar refractivity (Wildman–Crippen MR) is 81.8 cm³/mol. The summed E-state index contributed by atoms with van der Waals surface area (Å²) in [4.78, 5) is 3.98. The van der Waals surface area contributed by atoms with Crippen molar-refractivity contribution in [3.8, 4) is 5.75 Å². The lowest BCUT2D eigenvalue weighted by Crippen LogP contribution is -2.22. The first kappa shape index (κ1) is 15.4. The van der Waals surface area contributed by atoms with E-state index in [9.17, 15) is 4.39 Å². The zero-order chi connectivity index (χ0) is 15.1. The van der Waals surface area contributed by atoms with Crippen LogP contribution in [0.25, 0.3) is 0 Å². The van der Waals surface area contributed by atoms with E-state index in [0.717, 1.165) is 18.4 Å². The van der Waals surface area contributed by atoms with Gasteiger partial charge in [0, 0.05) is 24.9 Å². The van der Waals surface area contributed by atoms with Gasteiger partial charge in [-0.25, -0.2) is 4.39 Å². The molecule has 0 aliphatic heterocycles. The molecule has 21 heavy (non-hydrogen) atoms. The molecular weight excluding hydrogens is 267 g/mol. The molecule has 2 rings (SSSR count). The van der Waals surface area contributed by atoms with E-state index >= 15 is 0 Å². The normalized spacial score (nSPS) is 12.1. The van der Waals surface area contributed by atoms with Crippen LogP contribution in [0.5, 0.6) is 5.75 Å². The number of benzene rings is 1. The molecule has 3 nitrogen and oxygen atoms in total. The molecule has 1 unspecified atom stereocenters. The van der Waals surface area contributed by atoms with Crippen LogP contribution in [0, 0.1) is 5.82 Å². The number of rotatable bonds is 7. The first-order valence-corrected chi connectivity index (χ1v) is 7.24. The van der Waals surface area contributed by atoms with Crippen LogP contribution in [-0.2, 0) is 12.8 Å². The van der Waals surface area contributed by atoms with E-state index in [1.807, 2.05) is 19.1 Å². The topological polar surface area (TPSA) is 48.1 Å². The van der Waals surface area contributed by atoms with E-state index in [0.29, 0.717) is 18.8 Å². The van der Waals surface area contributed by atoms with E-state index < -0.39 is 0 Å². The summed E-state index contributed by atoms with van der Waals surface area (Å²) < 4.78 is 19.2. The molecule has 1 aromatic carbocycles. The maximum Gasteiger partial charge on any atom is 0.123 e. The zero-order valence-corrected chi connectivity index (χ0v) is 12.3. The van der Waals surface area contributed by atoms with E-state index in [1.165, 1.54) is 17.7 Å². The smallest absolute Gasteiger partial charge is 0.123 e. The molecular formula is C17H21FN2O. The molecule has 1 aromatic heterocycles. The molecule has 0 radical (unpaired) electrons. The van der Waals surface area contributed by atoms with Gasteiger partial charge in [-0.2, -0.15) is 0 Å². The molecule has 0 bridgehead atoms. The standard InChI is InChI=1S/C17H21FN2O/c1-2-16(19)12-14-11-15(18)3-4-17(14)21-10-7-13-5-8-20-9-6-13/h3-6,8-9,11,16H,2,7,10,12,19H2,1H3. The van der Waals surface area contributed by atoms with Crippen molar-refractivity contribution in [1.29, 1.82) is 0 Å². The molecule has 2 N–H and O–H groups in total. The number of pyridine rings is 1. The Balaban J connectivity index is 1.98. The van der Waals surface area contributed by atoms with Gasteiger partial charge in [-0.05, 0) is 54.3 Å². The number of hydrogen-bond acceptors (Lipinski definition) is 3. The SMILES string of the molecule is CCC(N)Cc1cc(F)ccc1OCCc1ccncc1. The highest BCUT2D eigenvalue weighted by Gasteiger charge is 2.09. The highest BCUT2D eigenvalue weighted by Crippen LogP contribution is 2.22. The average molecular weight is 288 g/mol. The van der Waals surface area contributed by atoms with Gasteiger partial charge in [0.1, 0.15) is 11.6 Å². The van der Waals surface area contributed by atoms with Crippen molar-refractivity contribution >= 4 is 0 Å². The van der Waals surface area contributed by atoms with Gasteiger partial charge in [-0.15, -0.1) is 0 Å². The third-order valence-electron chi connectivity index (χ3n) is 3.43. The first-order valence-electron chi connectivity index (χ1n) is 7.24. The zero-order valence-electron chi connectivity index (χ0n) is 12.3. The Morgan fingerprint density at radius 2 is 2.00 bits per heavy atom. The first-order chi connectivity index (χ1) is 10.2. The fourth-order valence-electron chi connectivity index (χ4n) is 2.10. The maximum atomic E-state index is 13.4. The van der Waals surface area contributed by atoms with Crippen molar-refractivity contribution in [2.45, 2.75) is 32.2 Å². The fourth-order valence-corrected chi connectivity index (χ4v) is 2.10. The molecule has 0 spiro atoms. The van der Waals surface area contributed by atoms with Crippen molar-refractivity contribution in [2.24, 2.45) is 5.73 Å². The molecule has 0 aliphatic rings. The van der Waals surface area contributed by atoms with E-state index in [2.05, 4.69) is 4.98 Å². The third-order valence-corrected chi connectivity index (χ3v) is 3.43. The summed E-state index contributed by atoms with van der Waals surface area (Å²) in [6.07, 6.45) is 5.79. The molecule has 0 saturated heterocycles. The largest absolute Gasteiger partial charge is 0.493 e. The van der Waals surface area contributed by atoms with Crippen LogP contribution < -0.4 is 10.5 Å². The minimum atomic E-state index is -0.255. The Morgan fingerprint density at radius 3 is 2.71 bits per heavy atom. The molecule has 0 saturated carbocycles. The summed E-state index contributed by atoms with van der Waals surface area (Å²) in [5.41, 5.74) is 7.96. The number of aromatic nitrogens is 1. The van der Waals surface area contributed by atoms with Crippen molar-refractivity contribution in [3.05, 3.63) is 59.7 Å². The maximum absolute atomic E-state index is 13.4. The van der Waals surface area contributed by atoms with Gasteiger partial charge < -0.3 is 10.5 Å². The average Bonchev–Trinajstić information content (AvgIpc) is 2.50. The number of ether oxygens (including phenoxy) is 1. The van der Waals surface area contributed by atoms with Gasteiger partial charge in [-0.3, -0.25) is 4.98 Å². The summed E-state index contributed by atoms with van der Waals surface area (Å²) in [5, 5.41) is 0. The second-order valence-corrected chi connectivity index (χ2v) is 5.08. The summed E-state index contributed by atoms with van der Waals surface area (Å²) in [6.45, 7) is 2.57. The van der Waals surface area contributed by atoms with Gasteiger partial charge in [0.05, 0.1) is 6.61 Å². The number of halogens is 1. The Morgan fingerprint density at radius 1 is 1.24 bits per heavy atom. The van der Waals surface area contributed by atoms with Gasteiger partial charge in [0.15, 0.2) is 0 Å². The van der Waals surface area contributed by atoms with Crippen LogP contribution in [-0.4, -0.2) is 17.6 Å². The molecule has 0 fully saturated rings. The van der Waals surface area contributed by atoms with Gasteiger partial charge in [0.2, 0.25) is 0 Å². The summed E-state index contributed by atoms with van der Waals surface area (Å²) in [6, 6.07) is 8.55. The Bertz CT molecular complexity index is 560. The minimum absolute atomic E-state index is 0.0225. The molecule has 0 aliphatic carbocycles.